The maximum Gasteiger partial charge on any atom is 0.410 e. The number of alkyl halides is 3. The average Bonchev–Trinajstić information content (AvgIpc) is 3.29. The van der Waals surface area contributed by atoms with Gasteiger partial charge in [0, 0.05) is 50.6 Å². The fourth-order valence-electron chi connectivity index (χ4n) is 4.90. The number of anilines is 1. The molecule has 4 heterocycles. The Morgan fingerprint density at radius 3 is 2.77 bits per heavy atom. The normalized spacial score (nSPS) is 29.7. The van der Waals surface area contributed by atoms with E-state index in [-0.39, 0.29) is 42.5 Å². The van der Waals surface area contributed by atoms with Crippen LogP contribution < -0.4 is 5.32 Å². The zero-order valence-corrected chi connectivity index (χ0v) is 17.3. The minimum atomic E-state index is -4.36. The molecular weight excluding hydrogens is 399 g/mol. The number of fused-ring (bicyclic) bond motifs is 1. The number of likely N-dealkylation sites (tertiary alicyclic amines) is 2. The van der Waals surface area contributed by atoms with Crippen LogP contribution in [0.15, 0.2) is 6.07 Å². The van der Waals surface area contributed by atoms with Crippen LogP contribution in [0.4, 0.5) is 19.0 Å². The summed E-state index contributed by atoms with van der Waals surface area (Å²) in [5.41, 5.74) is 0.594. The summed E-state index contributed by atoms with van der Waals surface area (Å²) in [6.07, 6.45) is -2.64. The van der Waals surface area contributed by atoms with Gasteiger partial charge < -0.3 is 15.1 Å². The molecule has 0 spiro atoms. The number of aromatic nitrogens is 2. The lowest BCUT2D eigenvalue weighted by Gasteiger charge is -2.33. The Morgan fingerprint density at radius 1 is 1.33 bits per heavy atom. The molecule has 0 radical (unpaired) electrons. The Balaban J connectivity index is 1.49. The first-order valence-corrected chi connectivity index (χ1v) is 10.7. The molecule has 0 unspecified atom stereocenters. The minimum Gasteiger partial charge on any atom is -0.368 e. The smallest absolute Gasteiger partial charge is 0.368 e. The third-order valence-corrected chi connectivity index (χ3v) is 6.50. The molecule has 4 atom stereocenters. The number of rotatable bonds is 3. The van der Waals surface area contributed by atoms with Gasteiger partial charge in [0.05, 0.1) is 11.6 Å². The second-order valence-corrected chi connectivity index (χ2v) is 8.69. The summed E-state index contributed by atoms with van der Waals surface area (Å²) in [6, 6.07) is -0.229. The van der Waals surface area contributed by atoms with Gasteiger partial charge in [0.1, 0.15) is 5.82 Å². The van der Waals surface area contributed by atoms with Crippen molar-refractivity contribution in [1.29, 1.82) is 0 Å². The number of carbonyl (C=O) groups excluding carboxylic acids is 2. The lowest BCUT2D eigenvalue weighted by molar-refractivity contribution is -0.173. The molecule has 2 saturated heterocycles. The molecule has 0 bridgehead atoms. The predicted molar refractivity (Wildman–Crippen MR) is 104 cm³/mol. The van der Waals surface area contributed by atoms with Gasteiger partial charge in [0.15, 0.2) is 6.04 Å². The summed E-state index contributed by atoms with van der Waals surface area (Å²) >= 11 is 0. The van der Waals surface area contributed by atoms with Gasteiger partial charge in [-0.3, -0.25) is 9.59 Å². The third kappa shape index (κ3) is 3.88. The summed E-state index contributed by atoms with van der Waals surface area (Å²) in [4.78, 5) is 28.4. The zero-order valence-electron chi connectivity index (χ0n) is 17.3. The van der Waals surface area contributed by atoms with Gasteiger partial charge in [-0.1, -0.05) is 0 Å². The Kier molecular flexibility index (Phi) is 5.44. The van der Waals surface area contributed by atoms with Crippen molar-refractivity contribution in [3.63, 3.8) is 0 Å². The molecule has 3 aliphatic rings. The second kappa shape index (κ2) is 7.77. The van der Waals surface area contributed by atoms with Gasteiger partial charge in [-0.2, -0.15) is 18.3 Å². The van der Waals surface area contributed by atoms with E-state index >= 15 is 0 Å². The van der Waals surface area contributed by atoms with E-state index in [0.29, 0.717) is 37.7 Å². The van der Waals surface area contributed by atoms with E-state index < -0.39 is 12.2 Å². The minimum absolute atomic E-state index is 0.00423. The van der Waals surface area contributed by atoms with Crippen molar-refractivity contribution in [3.8, 4) is 0 Å². The van der Waals surface area contributed by atoms with Crippen LogP contribution in [0.1, 0.15) is 57.2 Å². The van der Waals surface area contributed by atoms with Gasteiger partial charge in [-0.05, 0) is 33.1 Å². The first kappa shape index (κ1) is 21.0. The summed E-state index contributed by atoms with van der Waals surface area (Å²) in [5.74, 6) is -0.0818. The molecule has 0 aliphatic carbocycles. The van der Waals surface area contributed by atoms with Crippen molar-refractivity contribution < 1.29 is 22.8 Å². The van der Waals surface area contributed by atoms with E-state index in [0.717, 1.165) is 17.5 Å². The summed E-state index contributed by atoms with van der Waals surface area (Å²) < 4.78 is 41.6. The molecule has 1 aromatic heterocycles. The monoisotopic (exact) mass is 427 g/mol. The van der Waals surface area contributed by atoms with E-state index in [1.807, 2.05) is 6.92 Å². The van der Waals surface area contributed by atoms with Crippen LogP contribution >= 0.6 is 0 Å². The maximum atomic E-state index is 13.5. The largest absolute Gasteiger partial charge is 0.410 e. The van der Waals surface area contributed by atoms with Gasteiger partial charge >= 0.3 is 6.18 Å². The van der Waals surface area contributed by atoms with Crippen molar-refractivity contribution in [2.75, 3.05) is 31.5 Å². The van der Waals surface area contributed by atoms with Crippen molar-refractivity contribution in [2.45, 2.75) is 63.7 Å². The molecule has 30 heavy (non-hydrogen) atoms. The van der Waals surface area contributed by atoms with E-state index in [2.05, 4.69) is 10.4 Å². The van der Waals surface area contributed by atoms with E-state index in [4.69, 9.17) is 0 Å². The standard InChI is InChI=1S/C20H28F3N5O2/c1-3-26-11-14(8-18(26)29)19(30)27-6-4-5-13(10-27)15-9-17-24-12(2)7-16(20(21,22)23)28(17)25-15/h9,12-14,16,24H,3-8,10-11H2,1-2H3/t12-,13-,14+,16-/m1/s1. The lowest BCUT2D eigenvalue weighted by Crippen LogP contribution is -2.43. The fraction of sp³-hybridized carbons (Fsp3) is 0.750. The van der Waals surface area contributed by atoms with Crippen LogP contribution in [0.2, 0.25) is 0 Å². The molecule has 10 heteroatoms. The molecule has 7 nitrogen and oxygen atoms in total. The highest BCUT2D eigenvalue weighted by molar-refractivity contribution is 5.89. The molecule has 0 aromatic carbocycles. The number of piperidine rings is 1. The molecule has 4 rings (SSSR count). The highest BCUT2D eigenvalue weighted by Crippen LogP contribution is 2.40. The zero-order chi connectivity index (χ0) is 21.6. The van der Waals surface area contributed by atoms with Crippen LogP contribution in [0.3, 0.4) is 0 Å². The molecule has 0 saturated carbocycles. The topological polar surface area (TPSA) is 70.5 Å². The number of carbonyl (C=O) groups is 2. The van der Waals surface area contributed by atoms with E-state index in [9.17, 15) is 22.8 Å². The summed E-state index contributed by atoms with van der Waals surface area (Å²) in [6.45, 7) is 5.71. The Morgan fingerprint density at radius 2 is 2.10 bits per heavy atom. The molecule has 2 amide bonds. The third-order valence-electron chi connectivity index (χ3n) is 6.50. The van der Waals surface area contributed by atoms with Crippen molar-refractivity contribution in [1.82, 2.24) is 19.6 Å². The first-order chi connectivity index (χ1) is 14.2. The summed E-state index contributed by atoms with van der Waals surface area (Å²) in [5, 5.41) is 7.41. The number of halogens is 3. The molecule has 2 fully saturated rings. The van der Waals surface area contributed by atoms with Crippen LogP contribution in [-0.2, 0) is 9.59 Å². The fourth-order valence-corrected chi connectivity index (χ4v) is 4.90. The van der Waals surface area contributed by atoms with Gasteiger partial charge in [-0.15, -0.1) is 0 Å². The van der Waals surface area contributed by atoms with Gasteiger partial charge in [0.25, 0.3) is 0 Å². The molecule has 1 N–H and O–H groups in total. The predicted octanol–water partition coefficient (Wildman–Crippen LogP) is 2.77. The highest BCUT2D eigenvalue weighted by atomic mass is 19.4. The highest BCUT2D eigenvalue weighted by Gasteiger charge is 2.46. The SMILES string of the molecule is CCN1C[C@@H](C(=O)N2CCC[C@@H](c3cc4n(n3)[C@@H](C(F)(F)F)C[C@@H](C)N4)C2)CC1=O. The lowest BCUT2D eigenvalue weighted by atomic mass is 9.93. The van der Waals surface area contributed by atoms with E-state index in [1.165, 1.54) is 0 Å². The van der Waals surface area contributed by atoms with Crippen molar-refractivity contribution in [2.24, 2.45) is 5.92 Å². The van der Waals surface area contributed by atoms with Crippen LogP contribution in [-0.4, -0.2) is 69.8 Å². The second-order valence-electron chi connectivity index (χ2n) is 8.69. The van der Waals surface area contributed by atoms with E-state index in [1.54, 1.807) is 22.8 Å². The number of amides is 2. The molecule has 166 valence electrons. The van der Waals surface area contributed by atoms with Crippen LogP contribution in [0, 0.1) is 5.92 Å². The van der Waals surface area contributed by atoms with Gasteiger partial charge in [0.2, 0.25) is 11.8 Å². The Labute approximate surface area is 173 Å². The van der Waals surface area contributed by atoms with Crippen molar-refractivity contribution >= 4 is 17.6 Å². The van der Waals surface area contributed by atoms with Crippen LogP contribution in [0.25, 0.3) is 0 Å². The number of hydrogen-bond acceptors (Lipinski definition) is 4. The average molecular weight is 427 g/mol. The Hall–Kier alpha value is -2.26. The number of nitrogens with one attached hydrogen (secondary N) is 1. The molecule has 1 aromatic rings. The number of hydrogen-bond donors (Lipinski definition) is 1. The number of nitrogens with zero attached hydrogens (tertiary/aromatic N) is 4. The van der Waals surface area contributed by atoms with Crippen molar-refractivity contribution in [3.05, 3.63) is 11.8 Å². The Bertz CT molecular complexity index is 824. The first-order valence-electron chi connectivity index (χ1n) is 10.7. The molecular formula is C20H28F3N5O2. The molecule has 3 aliphatic heterocycles. The maximum absolute atomic E-state index is 13.5. The van der Waals surface area contributed by atoms with Crippen LogP contribution in [0.5, 0.6) is 0 Å². The summed E-state index contributed by atoms with van der Waals surface area (Å²) in [7, 11) is 0. The quantitative estimate of drug-likeness (QED) is 0.806. The van der Waals surface area contributed by atoms with Gasteiger partial charge in [-0.25, -0.2) is 4.68 Å².